The van der Waals surface area contributed by atoms with Crippen LogP contribution in [0, 0.1) is 30.1 Å². The predicted octanol–water partition coefficient (Wildman–Crippen LogP) is 6.21. The van der Waals surface area contributed by atoms with Crippen LogP contribution in [-0.2, 0) is 11.2 Å². The summed E-state index contributed by atoms with van der Waals surface area (Å²) in [6, 6.07) is 1.43. The summed E-state index contributed by atoms with van der Waals surface area (Å²) >= 11 is 8.63. The monoisotopic (exact) mass is 651 g/mol. The van der Waals surface area contributed by atoms with Crippen LogP contribution in [-0.4, -0.2) is 27.7 Å². The molecule has 1 heterocycles. The van der Waals surface area contributed by atoms with E-state index in [4.69, 9.17) is 5.73 Å². The number of benzene rings is 1. The van der Waals surface area contributed by atoms with Crippen molar-refractivity contribution in [1.29, 1.82) is 0 Å². The number of hydrogen-bond donors (Lipinski definition) is 4. The van der Waals surface area contributed by atoms with Crippen LogP contribution in [0.1, 0.15) is 67.4 Å². The van der Waals surface area contributed by atoms with Crippen molar-refractivity contribution >= 4 is 66.0 Å². The lowest BCUT2D eigenvalue weighted by molar-refractivity contribution is -0.116. The number of anilines is 1. The topological polar surface area (TPSA) is 130 Å². The number of aromatic hydroxyl groups is 1. The minimum absolute atomic E-state index is 0.0265. The zero-order valence-electron chi connectivity index (χ0n) is 20.8. The number of urea groups is 1. The van der Waals surface area contributed by atoms with Crippen LogP contribution >= 0.6 is 43.2 Å². The van der Waals surface area contributed by atoms with E-state index in [1.54, 1.807) is 6.20 Å². The third-order valence-corrected chi connectivity index (χ3v) is 11.0. The molecule has 2 fully saturated rings. The van der Waals surface area contributed by atoms with Crippen molar-refractivity contribution < 1.29 is 14.7 Å². The highest BCUT2D eigenvalue weighted by Crippen LogP contribution is 2.63. The number of carbonyl (C=O) groups excluding carboxylic acids is 2. The van der Waals surface area contributed by atoms with Crippen molar-refractivity contribution in [3.05, 3.63) is 37.2 Å². The molecule has 0 saturated heterocycles. The minimum atomic E-state index is -0.663. The van der Waals surface area contributed by atoms with Gasteiger partial charge in [-0.05, 0) is 118 Å². The lowest BCUT2D eigenvalue weighted by atomic mass is 9.54. The van der Waals surface area contributed by atoms with Gasteiger partial charge in [0, 0.05) is 28.6 Å². The molecule has 3 amide bonds. The first kappa shape index (κ1) is 26.6. The molecule has 8 nitrogen and oxygen atoms in total. The van der Waals surface area contributed by atoms with E-state index >= 15 is 0 Å². The zero-order chi connectivity index (χ0) is 26.5. The Labute approximate surface area is 237 Å². The number of rotatable bonds is 5. The van der Waals surface area contributed by atoms with E-state index in [0.29, 0.717) is 33.8 Å². The van der Waals surface area contributed by atoms with Crippen LogP contribution in [0.2, 0.25) is 0 Å². The molecule has 5 unspecified atom stereocenters. The zero-order valence-corrected chi connectivity index (χ0v) is 24.8. The largest absolute Gasteiger partial charge is 0.506 e. The number of fused-ring (bicyclic) bond motifs is 5. The van der Waals surface area contributed by atoms with Crippen molar-refractivity contribution in [3.8, 4) is 5.75 Å². The van der Waals surface area contributed by atoms with Crippen LogP contribution in [0.25, 0.3) is 0 Å². The molecule has 1 aromatic heterocycles. The number of carbonyl (C=O) groups is 2. The molecule has 0 aliphatic heterocycles. The summed E-state index contributed by atoms with van der Waals surface area (Å²) in [5.41, 5.74) is 11.1. The van der Waals surface area contributed by atoms with Gasteiger partial charge in [-0.2, -0.15) is 5.10 Å². The number of aryl methyl sites for hydroxylation is 1. The maximum absolute atomic E-state index is 12.8. The molecule has 0 radical (unpaired) electrons. The Bertz CT molecular complexity index is 1280. The molecule has 198 valence electrons. The molecule has 5 rings (SSSR count). The molecule has 5 atom stereocenters. The van der Waals surface area contributed by atoms with Crippen molar-refractivity contribution in [1.82, 2.24) is 10.4 Å². The lowest BCUT2D eigenvalue weighted by Gasteiger charge is -2.50. The second-order valence-corrected chi connectivity index (χ2v) is 13.6. The number of nitrogens with two attached hydrogens (primary N) is 1. The molecular weight excluding hydrogens is 622 g/mol. The summed E-state index contributed by atoms with van der Waals surface area (Å²) in [5, 5.41) is 18.5. The molecule has 37 heavy (non-hydrogen) atoms. The maximum atomic E-state index is 12.8. The van der Waals surface area contributed by atoms with Gasteiger partial charge in [0.15, 0.2) is 5.13 Å². The Morgan fingerprint density at radius 3 is 2.84 bits per heavy atom. The predicted molar refractivity (Wildman–Crippen MR) is 152 cm³/mol. The van der Waals surface area contributed by atoms with Crippen LogP contribution in [0.3, 0.4) is 0 Å². The minimum Gasteiger partial charge on any atom is -0.506 e. The fourth-order valence-electron chi connectivity index (χ4n) is 7.19. The quantitative estimate of drug-likeness (QED) is 0.286. The smallest absolute Gasteiger partial charge is 0.332 e. The Morgan fingerprint density at radius 1 is 1.35 bits per heavy atom. The molecular formula is C26H31Br2N5O3S. The summed E-state index contributed by atoms with van der Waals surface area (Å²) in [5.74, 6) is 1.61. The summed E-state index contributed by atoms with van der Waals surface area (Å²) in [6.07, 6.45) is 7.48. The average Bonchev–Trinajstić information content (AvgIpc) is 3.39. The van der Waals surface area contributed by atoms with Gasteiger partial charge in [0.2, 0.25) is 5.91 Å². The van der Waals surface area contributed by atoms with Crippen molar-refractivity contribution in [3.63, 3.8) is 0 Å². The molecule has 3 aliphatic rings. The van der Waals surface area contributed by atoms with E-state index in [2.05, 4.69) is 65.7 Å². The fraction of sp³-hybridized carbons (Fsp3) is 0.538. The first-order valence-electron chi connectivity index (χ1n) is 12.6. The first-order valence-corrected chi connectivity index (χ1v) is 15.0. The number of amides is 3. The molecule has 5 N–H and O–H groups in total. The summed E-state index contributed by atoms with van der Waals surface area (Å²) in [6.45, 7) is 4.24. The van der Waals surface area contributed by atoms with E-state index in [9.17, 15) is 14.7 Å². The van der Waals surface area contributed by atoms with E-state index in [1.165, 1.54) is 22.5 Å². The fourth-order valence-corrected chi connectivity index (χ4v) is 9.22. The number of hydrazone groups is 1. The molecule has 1 aromatic carbocycles. The van der Waals surface area contributed by atoms with E-state index in [0.717, 1.165) is 53.6 Å². The van der Waals surface area contributed by atoms with Crippen LogP contribution in [0.15, 0.2) is 26.3 Å². The molecule has 11 heteroatoms. The molecule has 0 spiro atoms. The first-order chi connectivity index (χ1) is 17.6. The number of phenols is 1. The SMILES string of the molecule is Cc1cnc(NC(=O)CCC2C/C(=N\NC(N)=O)C3(C)CCC4c5cc(Br)c(O)c(Br)c5CCC4C23)s1. The highest BCUT2D eigenvalue weighted by molar-refractivity contribution is 9.11. The summed E-state index contributed by atoms with van der Waals surface area (Å²) < 4.78 is 1.49. The normalized spacial score (nSPS) is 29.4. The molecule has 0 bridgehead atoms. The average molecular weight is 653 g/mol. The van der Waals surface area contributed by atoms with Gasteiger partial charge in [-0.3, -0.25) is 4.79 Å². The molecule has 2 aromatic rings. The van der Waals surface area contributed by atoms with Crippen LogP contribution < -0.4 is 16.5 Å². The summed E-state index contributed by atoms with van der Waals surface area (Å²) in [4.78, 5) is 29.6. The highest BCUT2D eigenvalue weighted by Gasteiger charge is 2.57. The van der Waals surface area contributed by atoms with Gasteiger partial charge in [0.25, 0.3) is 0 Å². The van der Waals surface area contributed by atoms with Gasteiger partial charge >= 0.3 is 6.03 Å². The Morgan fingerprint density at radius 2 is 2.14 bits per heavy atom. The number of nitrogens with one attached hydrogen (secondary N) is 2. The van der Waals surface area contributed by atoms with Gasteiger partial charge in [0.1, 0.15) is 5.75 Å². The lowest BCUT2D eigenvalue weighted by Crippen LogP contribution is -2.45. The maximum Gasteiger partial charge on any atom is 0.332 e. The van der Waals surface area contributed by atoms with E-state index < -0.39 is 6.03 Å². The third kappa shape index (κ3) is 4.94. The number of thiazole rings is 1. The number of phenolic OH excluding ortho intramolecular Hbond substituents is 1. The Hall–Kier alpha value is -1.98. The number of aromatic nitrogens is 1. The molecule has 2 saturated carbocycles. The highest BCUT2D eigenvalue weighted by atomic mass is 79.9. The van der Waals surface area contributed by atoms with Gasteiger partial charge < -0.3 is 16.2 Å². The standard InChI is InChI=1S/C26H31Br2N5O3S/c1-12-11-30-25(37-12)31-20(34)6-3-13-9-19(32-33-24(29)36)26(2)8-7-14-15(21(13)26)4-5-16-17(14)10-18(27)23(35)22(16)28/h10-11,13-15,21,35H,3-9H2,1-2H3,(H3,29,33,36)(H,30,31,34)/b32-19+. The van der Waals surface area contributed by atoms with Crippen LogP contribution in [0.4, 0.5) is 9.93 Å². The second-order valence-electron chi connectivity index (χ2n) is 10.7. The van der Waals surface area contributed by atoms with Crippen molar-refractivity contribution in [2.24, 2.45) is 34.0 Å². The number of nitrogens with zero attached hydrogens (tertiary/aromatic N) is 2. The Balaban J connectivity index is 1.42. The summed E-state index contributed by atoms with van der Waals surface area (Å²) in [7, 11) is 0. The van der Waals surface area contributed by atoms with Crippen LogP contribution in [0.5, 0.6) is 5.75 Å². The van der Waals surface area contributed by atoms with Gasteiger partial charge in [-0.1, -0.05) is 6.92 Å². The van der Waals surface area contributed by atoms with Gasteiger partial charge in [-0.15, -0.1) is 11.3 Å². The van der Waals surface area contributed by atoms with E-state index in [1.807, 2.05) is 6.92 Å². The molecule has 3 aliphatic carbocycles. The van der Waals surface area contributed by atoms with Gasteiger partial charge in [-0.25, -0.2) is 15.2 Å². The third-order valence-electron chi connectivity index (χ3n) is 8.68. The van der Waals surface area contributed by atoms with Crippen molar-refractivity contribution in [2.45, 2.75) is 64.7 Å². The van der Waals surface area contributed by atoms with Crippen molar-refractivity contribution in [2.75, 3.05) is 5.32 Å². The number of hydrogen-bond acceptors (Lipinski definition) is 6. The number of halogens is 2. The van der Waals surface area contributed by atoms with Gasteiger partial charge in [0.05, 0.1) is 8.95 Å². The number of primary amides is 1. The Kier molecular flexibility index (Phi) is 7.41. The van der Waals surface area contributed by atoms with E-state index in [-0.39, 0.29) is 23.0 Å². The second kappa shape index (κ2) is 10.3.